The van der Waals surface area contributed by atoms with Gasteiger partial charge in [0, 0.05) is 12.0 Å². The Balaban J connectivity index is 1.65. The molecule has 1 heterocycles. The molecule has 0 fully saturated rings. The van der Waals surface area contributed by atoms with E-state index in [1.54, 1.807) is 0 Å². The lowest BCUT2D eigenvalue weighted by Crippen LogP contribution is -2.39. The molecular formula is C22H22N2O6S. The SMILES string of the molecule is C#CCNS(=O)(=O)c1cccc(C(=O)OC(C)C(=O)NC2CCOc3ccccc32)c1. The number of ether oxygens (including phenoxy) is 2. The molecule has 162 valence electrons. The summed E-state index contributed by atoms with van der Waals surface area (Å²) >= 11 is 0. The summed E-state index contributed by atoms with van der Waals surface area (Å²) in [6.45, 7) is 1.74. The molecule has 2 unspecified atom stereocenters. The molecule has 0 aliphatic carbocycles. The third-order valence-corrected chi connectivity index (χ3v) is 6.07. The van der Waals surface area contributed by atoms with Crippen LogP contribution in [0.3, 0.4) is 0 Å². The largest absolute Gasteiger partial charge is 0.493 e. The Morgan fingerprint density at radius 2 is 2.03 bits per heavy atom. The van der Waals surface area contributed by atoms with Gasteiger partial charge in [-0.05, 0) is 31.2 Å². The van der Waals surface area contributed by atoms with Crippen molar-refractivity contribution in [3.05, 3.63) is 59.7 Å². The molecule has 1 aliphatic heterocycles. The number of nitrogens with one attached hydrogen (secondary N) is 2. The highest BCUT2D eigenvalue weighted by molar-refractivity contribution is 7.89. The van der Waals surface area contributed by atoms with Gasteiger partial charge in [0.05, 0.1) is 29.7 Å². The summed E-state index contributed by atoms with van der Waals surface area (Å²) in [5, 5.41) is 2.87. The number of hydrogen-bond donors (Lipinski definition) is 2. The standard InChI is InChI=1S/C22H22N2O6S/c1-3-12-23-31(27,28)17-8-6-7-16(14-17)22(26)30-15(2)21(25)24-19-11-13-29-20-10-5-4-9-18(19)20/h1,4-10,14-15,19,23H,11-13H2,2H3,(H,24,25). The Kier molecular flexibility index (Phi) is 6.95. The van der Waals surface area contributed by atoms with Gasteiger partial charge in [-0.25, -0.2) is 13.2 Å². The number of rotatable bonds is 7. The predicted molar refractivity (Wildman–Crippen MR) is 113 cm³/mol. The molecule has 2 N–H and O–H groups in total. The van der Waals surface area contributed by atoms with Crippen LogP contribution in [0.25, 0.3) is 0 Å². The van der Waals surface area contributed by atoms with E-state index in [0.29, 0.717) is 18.8 Å². The minimum atomic E-state index is -3.86. The molecule has 0 spiro atoms. The number of benzene rings is 2. The van der Waals surface area contributed by atoms with Crippen LogP contribution >= 0.6 is 0 Å². The van der Waals surface area contributed by atoms with E-state index in [2.05, 4.69) is 16.0 Å². The molecule has 3 rings (SSSR count). The average Bonchev–Trinajstić information content (AvgIpc) is 2.78. The Labute approximate surface area is 181 Å². The third kappa shape index (κ3) is 5.42. The van der Waals surface area contributed by atoms with E-state index in [4.69, 9.17) is 15.9 Å². The summed E-state index contributed by atoms with van der Waals surface area (Å²) < 4.78 is 37.4. The molecule has 0 radical (unpaired) electrons. The number of fused-ring (bicyclic) bond motifs is 1. The first kappa shape index (κ1) is 22.3. The van der Waals surface area contributed by atoms with Gasteiger partial charge in [-0.1, -0.05) is 30.2 Å². The second-order valence-electron chi connectivity index (χ2n) is 6.84. The summed E-state index contributed by atoms with van der Waals surface area (Å²) in [5.41, 5.74) is 0.859. The highest BCUT2D eigenvalue weighted by Crippen LogP contribution is 2.31. The minimum absolute atomic E-state index is 0.000329. The van der Waals surface area contributed by atoms with Gasteiger partial charge >= 0.3 is 5.97 Å². The van der Waals surface area contributed by atoms with Gasteiger partial charge in [-0.15, -0.1) is 6.42 Å². The van der Waals surface area contributed by atoms with Crippen LogP contribution in [0, 0.1) is 12.3 Å². The first-order valence-corrected chi connectivity index (χ1v) is 11.1. The van der Waals surface area contributed by atoms with Crippen LogP contribution in [0.4, 0.5) is 0 Å². The first-order chi connectivity index (χ1) is 14.8. The molecule has 2 aromatic carbocycles. The maximum absolute atomic E-state index is 12.6. The average molecular weight is 442 g/mol. The summed E-state index contributed by atoms with van der Waals surface area (Å²) in [6.07, 6.45) is 4.58. The number of esters is 1. The van der Waals surface area contributed by atoms with Gasteiger partial charge < -0.3 is 14.8 Å². The zero-order chi connectivity index (χ0) is 22.4. The highest BCUT2D eigenvalue weighted by Gasteiger charge is 2.26. The first-order valence-electron chi connectivity index (χ1n) is 9.58. The Morgan fingerprint density at radius 3 is 2.81 bits per heavy atom. The smallest absolute Gasteiger partial charge is 0.338 e. The van der Waals surface area contributed by atoms with E-state index in [9.17, 15) is 18.0 Å². The van der Waals surface area contributed by atoms with Crippen molar-refractivity contribution in [1.29, 1.82) is 0 Å². The fourth-order valence-corrected chi connectivity index (χ4v) is 4.05. The molecule has 2 atom stereocenters. The fraction of sp³-hybridized carbons (Fsp3) is 0.273. The van der Waals surface area contributed by atoms with Crippen LogP contribution in [0.2, 0.25) is 0 Å². The van der Waals surface area contributed by atoms with Crippen LogP contribution < -0.4 is 14.8 Å². The van der Waals surface area contributed by atoms with Crippen molar-refractivity contribution in [2.45, 2.75) is 30.4 Å². The predicted octanol–water partition coefficient (Wildman–Crippen LogP) is 1.78. The number of terminal acetylenes is 1. The molecule has 8 nitrogen and oxygen atoms in total. The zero-order valence-electron chi connectivity index (χ0n) is 16.8. The molecule has 31 heavy (non-hydrogen) atoms. The number of carbonyl (C=O) groups is 2. The van der Waals surface area contributed by atoms with Gasteiger partial charge in [-0.2, -0.15) is 4.72 Å². The van der Waals surface area contributed by atoms with Crippen LogP contribution in [0.1, 0.15) is 35.3 Å². The monoisotopic (exact) mass is 442 g/mol. The second-order valence-corrected chi connectivity index (χ2v) is 8.61. The maximum Gasteiger partial charge on any atom is 0.338 e. The van der Waals surface area contributed by atoms with Crippen molar-refractivity contribution in [3.8, 4) is 18.1 Å². The van der Waals surface area contributed by atoms with Crippen molar-refractivity contribution in [3.63, 3.8) is 0 Å². The van der Waals surface area contributed by atoms with E-state index in [0.717, 1.165) is 5.56 Å². The van der Waals surface area contributed by atoms with E-state index < -0.39 is 28.0 Å². The summed E-state index contributed by atoms with van der Waals surface area (Å²) in [5.74, 6) is 1.60. The van der Waals surface area contributed by atoms with Gasteiger partial charge in [0.1, 0.15) is 5.75 Å². The van der Waals surface area contributed by atoms with Gasteiger partial charge in [0.25, 0.3) is 5.91 Å². The van der Waals surface area contributed by atoms with Crippen molar-refractivity contribution in [2.24, 2.45) is 0 Å². The molecule has 9 heteroatoms. The van der Waals surface area contributed by atoms with Gasteiger partial charge in [0.2, 0.25) is 10.0 Å². The highest BCUT2D eigenvalue weighted by atomic mass is 32.2. The van der Waals surface area contributed by atoms with Crippen LogP contribution in [0.5, 0.6) is 5.75 Å². The molecule has 0 saturated heterocycles. The fourth-order valence-electron chi connectivity index (χ4n) is 3.07. The molecule has 1 amide bonds. The van der Waals surface area contributed by atoms with E-state index >= 15 is 0 Å². The van der Waals surface area contributed by atoms with Crippen molar-refractivity contribution in [1.82, 2.24) is 10.0 Å². The number of carbonyl (C=O) groups excluding carboxylic acids is 2. The Bertz CT molecular complexity index is 1120. The van der Waals surface area contributed by atoms with Crippen LogP contribution in [0.15, 0.2) is 53.4 Å². The van der Waals surface area contributed by atoms with Gasteiger partial charge in [0.15, 0.2) is 6.10 Å². The van der Waals surface area contributed by atoms with Crippen molar-refractivity contribution < 1.29 is 27.5 Å². The molecule has 0 saturated carbocycles. The Morgan fingerprint density at radius 1 is 1.26 bits per heavy atom. The number of hydrogen-bond acceptors (Lipinski definition) is 6. The molecule has 0 bridgehead atoms. The van der Waals surface area contributed by atoms with Gasteiger partial charge in [-0.3, -0.25) is 4.79 Å². The third-order valence-electron chi connectivity index (χ3n) is 4.67. The lowest BCUT2D eigenvalue weighted by molar-refractivity contribution is -0.130. The van der Waals surface area contributed by atoms with E-state index in [1.807, 2.05) is 24.3 Å². The number of sulfonamides is 1. The topological polar surface area (TPSA) is 111 Å². The normalized spacial score (nSPS) is 16.2. The van der Waals surface area contributed by atoms with Crippen molar-refractivity contribution >= 4 is 21.9 Å². The lowest BCUT2D eigenvalue weighted by atomic mass is 10.0. The minimum Gasteiger partial charge on any atom is -0.493 e. The molecule has 2 aromatic rings. The van der Waals surface area contributed by atoms with E-state index in [-0.39, 0.29) is 23.0 Å². The molecule has 1 aliphatic rings. The number of amides is 1. The summed E-state index contributed by atoms with van der Waals surface area (Å²) in [7, 11) is -3.86. The lowest BCUT2D eigenvalue weighted by Gasteiger charge is -2.27. The summed E-state index contributed by atoms with van der Waals surface area (Å²) in [4.78, 5) is 24.9. The Hall–Kier alpha value is -3.35. The number of para-hydroxylation sites is 1. The van der Waals surface area contributed by atoms with Crippen LogP contribution in [-0.4, -0.2) is 39.5 Å². The molecule has 0 aromatic heterocycles. The van der Waals surface area contributed by atoms with E-state index in [1.165, 1.54) is 31.2 Å². The second kappa shape index (κ2) is 9.64. The maximum atomic E-state index is 12.6. The zero-order valence-corrected chi connectivity index (χ0v) is 17.6. The van der Waals surface area contributed by atoms with Crippen LogP contribution in [-0.2, 0) is 19.6 Å². The van der Waals surface area contributed by atoms with Crippen molar-refractivity contribution in [2.75, 3.05) is 13.2 Å². The summed E-state index contributed by atoms with van der Waals surface area (Å²) in [6, 6.07) is 12.5. The molecular weight excluding hydrogens is 420 g/mol. The quantitative estimate of drug-likeness (QED) is 0.500.